The Labute approximate surface area is 152 Å². The molecule has 2 aromatic carbocycles. The van der Waals surface area contributed by atoms with Crippen molar-refractivity contribution in [3.05, 3.63) is 36.4 Å². The van der Waals surface area contributed by atoms with Gasteiger partial charge in [0.2, 0.25) is 0 Å². The monoisotopic (exact) mass is 380 g/mol. The van der Waals surface area contributed by atoms with Crippen LogP contribution in [-0.2, 0) is 11.0 Å². The number of para-hydroxylation sites is 1. The SMILES string of the molecule is O=S1Nc2c(cccc2N2CCCCC2)Oc2cc(SCl)ccc21. The van der Waals surface area contributed by atoms with Gasteiger partial charge in [-0.2, -0.15) is 0 Å². The quantitative estimate of drug-likeness (QED) is 0.780. The molecule has 0 spiro atoms. The lowest BCUT2D eigenvalue weighted by atomic mass is 10.1. The number of rotatable bonds is 2. The van der Waals surface area contributed by atoms with Gasteiger partial charge in [0.05, 0.1) is 5.69 Å². The summed E-state index contributed by atoms with van der Waals surface area (Å²) >= 11 is 0. The van der Waals surface area contributed by atoms with E-state index in [1.165, 1.54) is 19.3 Å². The average molecular weight is 381 g/mol. The number of nitrogens with zero attached hydrogens (tertiary/aromatic N) is 1. The first kappa shape index (κ1) is 16.1. The number of ether oxygens (including phenoxy) is 1. The lowest BCUT2D eigenvalue weighted by molar-refractivity contribution is 0.472. The number of hydrogen-bond donors (Lipinski definition) is 1. The van der Waals surface area contributed by atoms with Gasteiger partial charge in [-0.15, -0.1) is 0 Å². The van der Waals surface area contributed by atoms with Gasteiger partial charge in [0.25, 0.3) is 0 Å². The number of hydrogen-bond acceptors (Lipinski definition) is 4. The summed E-state index contributed by atoms with van der Waals surface area (Å²) < 4.78 is 22.0. The zero-order valence-corrected chi connectivity index (χ0v) is 15.3. The Morgan fingerprint density at radius 1 is 1.12 bits per heavy atom. The average Bonchev–Trinajstić information content (AvgIpc) is 2.77. The molecule has 24 heavy (non-hydrogen) atoms. The second-order valence-corrected chi connectivity index (χ2v) is 8.13. The maximum atomic E-state index is 12.8. The van der Waals surface area contributed by atoms with Crippen LogP contribution < -0.4 is 14.4 Å². The Balaban J connectivity index is 1.77. The van der Waals surface area contributed by atoms with E-state index in [1.54, 1.807) is 6.07 Å². The number of anilines is 2. The highest BCUT2D eigenvalue weighted by molar-refractivity contribution is 8.21. The number of fused-ring (bicyclic) bond motifs is 2. The minimum Gasteiger partial charge on any atom is -0.454 e. The third kappa shape index (κ3) is 2.98. The smallest absolute Gasteiger partial charge is 0.154 e. The highest BCUT2D eigenvalue weighted by Gasteiger charge is 2.25. The normalized spacial score (nSPS) is 19.5. The fourth-order valence-electron chi connectivity index (χ4n) is 3.14. The van der Waals surface area contributed by atoms with E-state index in [0.29, 0.717) is 16.4 Å². The van der Waals surface area contributed by atoms with E-state index in [0.717, 1.165) is 40.3 Å². The number of benzene rings is 2. The molecule has 4 rings (SSSR count). The molecule has 0 saturated carbocycles. The summed E-state index contributed by atoms with van der Waals surface area (Å²) in [6, 6.07) is 11.4. The molecule has 0 bridgehead atoms. The predicted molar refractivity (Wildman–Crippen MR) is 101 cm³/mol. The van der Waals surface area contributed by atoms with Crippen molar-refractivity contribution >= 4 is 44.0 Å². The van der Waals surface area contributed by atoms with Gasteiger partial charge in [-0.3, -0.25) is 4.72 Å². The summed E-state index contributed by atoms with van der Waals surface area (Å²) in [7, 11) is 5.59. The van der Waals surface area contributed by atoms with Crippen molar-refractivity contribution in [3.8, 4) is 11.5 Å². The van der Waals surface area contributed by atoms with Crippen LogP contribution >= 0.6 is 21.7 Å². The summed E-state index contributed by atoms with van der Waals surface area (Å²) in [5.41, 5.74) is 1.86. The molecule has 0 radical (unpaired) electrons. The van der Waals surface area contributed by atoms with Crippen LogP contribution in [0, 0.1) is 0 Å². The molecule has 2 aliphatic rings. The van der Waals surface area contributed by atoms with Crippen LogP contribution in [0.4, 0.5) is 11.4 Å². The van der Waals surface area contributed by atoms with Gasteiger partial charge in [-0.05, 0) is 71.3 Å². The molecule has 1 unspecified atom stereocenters. The summed E-state index contributed by atoms with van der Waals surface area (Å²) in [5.74, 6) is 1.28. The van der Waals surface area contributed by atoms with Gasteiger partial charge >= 0.3 is 0 Å². The molecular formula is C17H17ClN2O2S2. The number of piperidine rings is 1. The fraction of sp³-hybridized carbons (Fsp3) is 0.294. The van der Waals surface area contributed by atoms with Crippen LogP contribution in [0.25, 0.3) is 0 Å². The Hall–Kier alpha value is -1.37. The van der Waals surface area contributed by atoms with Crippen LogP contribution in [0.15, 0.2) is 46.2 Å². The highest BCUT2D eigenvalue weighted by atomic mass is 35.7. The maximum Gasteiger partial charge on any atom is 0.154 e. The molecule has 0 aromatic heterocycles. The van der Waals surface area contributed by atoms with Gasteiger partial charge < -0.3 is 9.64 Å². The van der Waals surface area contributed by atoms with E-state index in [2.05, 4.69) is 15.7 Å². The van der Waals surface area contributed by atoms with Crippen molar-refractivity contribution in [3.63, 3.8) is 0 Å². The molecule has 0 amide bonds. The van der Waals surface area contributed by atoms with E-state index in [-0.39, 0.29) is 0 Å². The molecule has 2 aromatic rings. The molecule has 1 N–H and O–H groups in total. The zero-order valence-electron chi connectivity index (χ0n) is 13.0. The van der Waals surface area contributed by atoms with E-state index in [1.807, 2.05) is 24.3 Å². The van der Waals surface area contributed by atoms with Gasteiger partial charge in [0, 0.05) is 18.0 Å². The van der Waals surface area contributed by atoms with Crippen molar-refractivity contribution < 1.29 is 8.95 Å². The summed E-state index contributed by atoms with van der Waals surface area (Å²) in [6.45, 7) is 2.04. The maximum absolute atomic E-state index is 12.8. The Morgan fingerprint density at radius 2 is 1.96 bits per heavy atom. The molecule has 2 heterocycles. The van der Waals surface area contributed by atoms with Gasteiger partial charge in [-0.25, -0.2) is 4.21 Å². The molecule has 126 valence electrons. The largest absolute Gasteiger partial charge is 0.454 e. The highest BCUT2D eigenvalue weighted by Crippen LogP contribution is 2.44. The van der Waals surface area contributed by atoms with Gasteiger partial charge in [0.15, 0.2) is 16.7 Å². The van der Waals surface area contributed by atoms with Crippen LogP contribution in [0.3, 0.4) is 0 Å². The van der Waals surface area contributed by atoms with Crippen LogP contribution in [0.1, 0.15) is 19.3 Å². The standard InChI is InChI=1S/C17H17ClN2O2S2/c18-23-12-7-8-16-15(11-12)22-14-6-4-5-13(17(14)19-24(16)21)20-9-2-1-3-10-20/h4-8,11,19H,1-3,9-10H2. The fourth-order valence-corrected chi connectivity index (χ4v) is 4.68. The summed E-state index contributed by atoms with van der Waals surface area (Å²) in [4.78, 5) is 3.83. The number of nitrogens with one attached hydrogen (secondary N) is 1. The van der Waals surface area contributed by atoms with Crippen molar-refractivity contribution in [1.82, 2.24) is 0 Å². The first-order valence-corrected chi connectivity index (χ1v) is 10.7. The zero-order chi connectivity index (χ0) is 16.5. The van der Waals surface area contributed by atoms with E-state index < -0.39 is 11.0 Å². The molecule has 1 fully saturated rings. The van der Waals surface area contributed by atoms with Gasteiger partial charge in [0.1, 0.15) is 16.3 Å². The van der Waals surface area contributed by atoms with Crippen molar-refractivity contribution in [1.29, 1.82) is 0 Å². The Morgan fingerprint density at radius 3 is 2.75 bits per heavy atom. The minimum absolute atomic E-state index is 0.584. The van der Waals surface area contributed by atoms with Crippen molar-refractivity contribution in [2.45, 2.75) is 29.1 Å². The minimum atomic E-state index is -1.37. The van der Waals surface area contributed by atoms with Crippen LogP contribution in [0.2, 0.25) is 0 Å². The first-order valence-electron chi connectivity index (χ1n) is 7.93. The van der Waals surface area contributed by atoms with E-state index in [9.17, 15) is 4.21 Å². The Kier molecular flexibility index (Phi) is 4.61. The van der Waals surface area contributed by atoms with E-state index in [4.69, 9.17) is 15.4 Å². The molecule has 1 atom stereocenters. The second-order valence-electron chi connectivity index (χ2n) is 5.86. The first-order chi connectivity index (χ1) is 11.8. The van der Waals surface area contributed by atoms with Crippen LogP contribution in [-0.4, -0.2) is 17.3 Å². The topological polar surface area (TPSA) is 41.6 Å². The number of halogens is 1. The molecule has 1 saturated heterocycles. The molecule has 2 aliphatic heterocycles. The van der Waals surface area contributed by atoms with Crippen molar-refractivity contribution in [2.24, 2.45) is 0 Å². The summed E-state index contributed by atoms with van der Waals surface area (Å²) in [6.07, 6.45) is 3.64. The molecule has 4 nitrogen and oxygen atoms in total. The lowest BCUT2D eigenvalue weighted by Crippen LogP contribution is -2.30. The third-order valence-electron chi connectivity index (χ3n) is 4.32. The molecule has 7 heteroatoms. The van der Waals surface area contributed by atoms with Gasteiger partial charge in [-0.1, -0.05) is 6.07 Å². The Bertz CT molecular complexity index is 794. The molecular weight excluding hydrogens is 364 g/mol. The second kappa shape index (κ2) is 6.86. The van der Waals surface area contributed by atoms with Crippen LogP contribution in [0.5, 0.6) is 11.5 Å². The summed E-state index contributed by atoms with van der Waals surface area (Å²) in [5, 5.41) is 0. The van der Waals surface area contributed by atoms with E-state index >= 15 is 0 Å². The lowest BCUT2D eigenvalue weighted by Gasteiger charge is -2.30. The molecule has 0 aliphatic carbocycles. The predicted octanol–water partition coefficient (Wildman–Crippen LogP) is 5.16. The van der Waals surface area contributed by atoms with Crippen molar-refractivity contribution in [2.75, 3.05) is 22.7 Å². The third-order valence-corrected chi connectivity index (χ3v) is 6.41.